The SMILES string of the molecule is CC(C)(CCO)CNc1ccc(C(=O)O)c(Br)c1F. The van der Waals surface area contributed by atoms with Gasteiger partial charge in [-0.05, 0) is 39.9 Å². The first-order valence-electron chi connectivity index (χ1n) is 5.84. The number of carboxylic acid groups (broad SMARTS) is 1. The van der Waals surface area contributed by atoms with Gasteiger partial charge in [0, 0.05) is 13.2 Å². The Bertz CT molecular complexity index is 477. The summed E-state index contributed by atoms with van der Waals surface area (Å²) in [6.45, 7) is 4.45. The number of rotatable bonds is 6. The molecule has 0 radical (unpaired) electrons. The van der Waals surface area contributed by atoms with Crippen molar-refractivity contribution in [1.82, 2.24) is 0 Å². The highest BCUT2D eigenvalue weighted by atomic mass is 79.9. The fraction of sp³-hybridized carbons (Fsp3) is 0.462. The predicted molar refractivity (Wildman–Crippen MR) is 75.0 cm³/mol. The number of anilines is 1. The smallest absolute Gasteiger partial charge is 0.336 e. The average Bonchev–Trinajstić information content (AvgIpc) is 2.30. The fourth-order valence-electron chi connectivity index (χ4n) is 1.58. The summed E-state index contributed by atoms with van der Waals surface area (Å²) in [6, 6.07) is 2.75. The van der Waals surface area contributed by atoms with Crippen molar-refractivity contribution in [2.75, 3.05) is 18.5 Å². The Morgan fingerprint density at radius 3 is 2.63 bits per heavy atom. The van der Waals surface area contributed by atoms with E-state index in [9.17, 15) is 9.18 Å². The van der Waals surface area contributed by atoms with Crippen LogP contribution in [-0.4, -0.2) is 29.3 Å². The molecule has 4 nitrogen and oxygen atoms in total. The lowest BCUT2D eigenvalue weighted by Gasteiger charge is -2.24. The molecule has 0 atom stereocenters. The van der Waals surface area contributed by atoms with Gasteiger partial charge in [0.2, 0.25) is 0 Å². The second-order valence-electron chi connectivity index (χ2n) is 5.09. The molecule has 0 unspecified atom stereocenters. The third kappa shape index (κ3) is 4.18. The zero-order valence-corrected chi connectivity index (χ0v) is 12.4. The molecule has 0 fully saturated rings. The summed E-state index contributed by atoms with van der Waals surface area (Å²) < 4.78 is 13.9. The van der Waals surface area contributed by atoms with Crippen molar-refractivity contribution in [3.63, 3.8) is 0 Å². The van der Waals surface area contributed by atoms with Crippen LogP contribution in [0.15, 0.2) is 16.6 Å². The minimum Gasteiger partial charge on any atom is -0.478 e. The number of hydrogen-bond donors (Lipinski definition) is 3. The molecule has 0 aliphatic carbocycles. The number of aliphatic hydroxyl groups excluding tert-OH is 1. The van der Waals surface area contributed by atoms with E-state index >= 15 is 0 Å². The molecule has 106 valence electrons. The van der Waals surface area contributed by atoms with Gasteiger partial charge in [0.1, 0.15) is 0 Å². The molecule has 1 aromatic rings. The first kappa shape index (κ1) is 15.9. The van der Waals surface area contributed by atoms with Gasteiger partial charge in [0.25, 0.3) is 0 Å². The summed E-state index contributed by atoms with van der Waals surface area (Å²) in [5.74, 6) is -1.81. The van der Waals surface area contributed by atoms with Crippen LogP contribution in [0.1, 0.15) is 30.6 Å². The van der Waals surface area contributed by atoms with Crippen LogP contribution >= 0.6 is 15.9 Å². The fourth-order valence-corrected chi connectivity index (χ4v) is 2.09. The molecule has 0 aromatic heterocycles. The van der Waals surface area contributed by atoms with Crippen molar-refractivity contribution in [1.29, 1.82) is 0 Å². The number of hydrogen-bond acceptors (Lipinski definition) is 3. The normalized spacial score (nSPS) is 11.4. The highest BCUT2D eigenvalue weighted by Gasteiger charge is 2.20. The van der Waals surface area contributed by atoms with Crippen molar-refractivity contribution in [2.24, 2.45) is 5.41 Å². The minimum atomic E-state index is -1.18. The van der Waals surface area contributed by atoms with Gasteiger partial charge >= 0.3 is 5.97 Å². The van der Waals surface area contributed by atoms with E-state index in [4.69, 9.17) is 10.2 Å². The van der Waals surface area contributed by atoms with Gasteiger partial charge < -0.3 is 15.5 Å². The van der Waals surface area contributed by atoms with E-state index in [2.05, 4.69) is 21.2 Å². The molecule has 0 spiro atoms. The molecule has 0 bridgehead atoms. The van der Waals surface area contributed by atoms with E-state index in [1.807, 2.05) is 13.8 Å². The van der Waals surface area contributed by atoms with Gasteiger partial charge in [0.05, 0.1) is 15.7 Å². The average molecular weight is 334 g/mol. The van der Waals surface area contributed by atoms with Crippen molar-refractivity contribution in [2.45, 2.75) is 20.3 Å². The first-order valence-corrected chi connectivity index (χ1v) is 6.64. The maximum absolute atomic E-state index is 14.0. The number of carbonyl (C=O) groups is 1. The number of aromatic carboxylic acids is 1. The Hall–Kier alpha value is -1.14. The molecule has 6 heteroatoms. The topological polar surface area (TPSA) is 69.6 Å². The molecule has 0 aliphatic heterocycles. The molecular formula is C13H17BrFNO3. The van der Waals surface area contributed by atoms with E-state index in [1.165, 1.54) is 12.1 Å². The zero-order chi connectivity index (χ0) is 14.6. The van der Waals surface area contributed by atoms with E-state index in [1.54, 1.807) is 0 Å². The van der Waals surface area contributed by atoms with E-state index in [0.717, 1.165) is 0 Å². The Morgan fingerprint density at radius 1 is 1.47 bits per heavy atom. The Labute approximate surface area is 119 Å². The number of benzene rings is 1. The van der Waals surface area contributed by atoms with Crippen molar-refractivity contribution in [3.8, 4) is 0 Å². The van der Waals surface area contributed by atoms with Gasteiger partial charge in [-0.2, -0.15) is 0 Å². The summed E-state index contributed by atoms with van der Waals surface area (Å²) in [7, 11) is 0. The van der Waals surface area contributed by atoms with Gasteiger partial charge in [-0.3, -0.25) is 0 Å². The Morgan fingerprint density at radius 2 is 2.11 bits per heavy atom. The van der Waals surface area contributed by atoms with E-state index in [-0.39, 0.29) is 27.7 Å². The van der Waals surface area contributed by atoms with Crippen molar-refractivity contribution < 1.29 is 19.4 Å². The van der Waals surface area contributed by atoms with Crippen LogP contribution in [0.2, 0.25) is 0 Å². The molecule has 1 aromatic carbocycles. The predicted octanol–water partition coefficient (Wildman–Crippen LogP) is 3.11. The highest BCUT2D eigenvalue weighted by Crippen LogP contribution is 2.28. The third-order valence-corrected chi connectivity index (χ3v) is 3.63. The highest BCUT2D eigenvalue weighted by molar-refractivity contribution is 9.10. The van der Waals surface area contributed by atoms with Crippen molar-refractivity contribution in [3.05, 3.63) is 28.0 Å². The molecule has 19 heavy (non-hydrogen) atoms. The molecule has 1 rings (SSSR count). The summed E-state index contributed by atoms with van der Waals surface area (Å²) in [5, 5.41) is 20.7. The lowest BCUT2D eigenvalue weighted by atomic mass is 9.89. The van der Waals surface area contributed by atoms with Crippen LogP contribution in [0.25, 0.3) is 0 Å². The monoisotopic (exact) mass is 333 g/mol. The minimum absolute atomic E-state index is 0.0648. The standard InChI is InChI=1S/C13H17BrFNO3/c1-13(2,5-6-17)7-16-9-4-3-8(12(18)19)10(14)11(9)15/h3-4,16-17H,5-7H2,1-2H3,(H,18,19). The Balaban J connectivity index is 2.87. The summed E-state index contributed by atoms with van der Waals surface area (Å²) in [4.78, 5) is 10.8. The lowest BCUT2D eigenvalue weighted by Crippen LogP contribution is -2.24. The molecule has 0 aliphatic rings. The zero-order valence-electron chi connectivity index (χ0n) is 10.8. The van der Waals surface area contributed by atoms with Gasteiger partial charge in [-0.1, -0.05) is 13.8 Å². The second-order valence-corrected chi connectivity index (χ2v) is 5.88. The van der Waals surface area contributed by atoms with Crippen LogP contribution in [-0.2, 0) is 0 Å². The van der Waals surface area contributed by atoms with Gasteiger partial charge in [0.15, 0.2) is 5.82 Å². The van der Waals surface area contributed by atoms with Gasteiger partial charge in [-0.25, -0.2) is 9.18 Å². The Kier molecular flexibility index (Phi) is 5.31. The van der Waals surface area contributed by atoms with Crippen LogP contribution in [0.3, 0.4) is 0 Å². The maximum atomic E-state index is 14.0. The van der Waals surface area contributed by atoms with Gasteiger partial charge in [-0.15, -0.1) is 0 Å². The first-order chi connectivity index (χ1) is 8.78. The number of nitrogens with one attached hydrogen (secondary N) is 1. The van der Waals surface area contributed by atoms with Crippen LogP contribution in [0, 0.1) is 11.2 Å². The quantitative estimate of drug-likeness (QED) is 0.748. The lowest BCUT2D eigenvalue weighted by molar-refractivity contribution is 0.0695. The largest absolute Gasteiger partial charge is 0.478 e. The number of aliphatic hydroxyl groups is 1. The maximum Gasteiger partial charge on any atom is 0.336 e. The molecule has 3 N–H and O–H groups in total. The molecule has 0 heterocycles. The summed E-state index contributed by atoms with van der Waals surface area (Å²) in [6.07, 6.45) is 0.593. The van der Waals surface area contributed by atoms with Crippen LogP contribution in [0.5, 0.6) is 0 Å². The molecule has 0 amide bonds. The summed E-state index contributed by atoms with van der Waals surface area (Å²) in [5.41, 5.74) is -0.0559. The second kappa shape index (κ2) is 6.34. The van der Waals surface area contributed by atoms with Crippen LogP contribution < -0.4 is 5.32 Å². The summed E-state index contributed by atoms with van der Waals surface area (Å²) >= 11 is 2.95. The van der Waals surface area contributed by atoms with Crippen molar-refractivity contribution >= 4 is 27.6 Å². The molecule has 0 saturated carbocycles. The number of carboxylic acids is 1. The molecular weight excluding hydrogens is 317 g/mol. The molecule has 0 saturated heterocycles. The third-order valence-electron chi connectivity index (χ3n) is 2.86. The van der Waals surface area contributed by atoms with E-state index in [0.29, 0.717) is 13.0 Å². The van der Waals surface area contributed by atoms with E-state index < -0.39 is 11.8 Å². The number of halogens is 2. The van der Waals surface area contributed by atoms with Crippen LogP contribution in [0.4, 0.5) is 10.1 Å².